The molecular formula is C22H21Cl3FN5O2. The van der Waals surface area contributed by atoms with Crippen molar-refractivity contribution < 1.29 is 14.3 Å². The van der Waals surface area contributed by atoms with Crippen LogP contribution in [0, 0.1) is 5.82 Å². The van der Waals surface area contributed by atoms with Gasteiger partial charge in [-0.05, 0) is 57.2 Å². The first-order valence-corrected chi connectivity index (χ1v) is 10.9. The van der Waals surface area contributed by atoms with Crippen LogP contribution >= 0.6 is 34.8 Å². The zero-order valence-electron chi connectivity index (χ0n) is 17.9. The Morgan fingerprint density at radius 3 is 2.36 bits per heavy atom. The first-order valence-electron chi connectivity index (χ1n) is 9.79. The summed E-state index contributed by atoms with van der Waals surface area (Å²) in [7, 11) is 0. The Morgan fingerprint density at radius 2 is 1.73 bits per heavy atom. The highest BCUT2D eigenvalue weighted by Crippen LogP contribution is 2.33. The molecule has 2 aromatic carbocycles. The summed E-state index contributed by atoms with van der Waals surface area (Å²) in [5.74, 6) is -0.0824. The number of hydrogen-bond donors (Lipinski definition) is 3. The number of benzene rings is 2. The molecule has 0 aliphatic rings. The maximum absolute atomic E-state index is 13.5. The van der Waals surface area contributed by atoms with Crippen LogP contribution in [0.3, 0.4) is 0 Å². The second kappa shape index (κ2) is 10.1. The molecule has 1 atom stereocenters. The summed E-state index contributed by atoms with van der Waals surface area (Å²) < 4.78 is 13.5. The number of nitrogens with one attached hydrogen (secondary N) is 2. The monoisotopic (exact) mass is 511 g/mol. The number of anilines is 4. The lowest BCUT2D eigenvalue weighted by molar-refractivity contribution is 0.0646. The number of amides is 2. The number of aromatic nitrogens is 2. The average molecular weight is 513 g/mol. The van der Waals surface area contributed by atoms with Gasteiger partial charge >= 0.3 is 6.03 Å². The van der Waals surface area contributed by atoms with Gasteiger partial charge < -0.3 is 15.7 Å². The lowest BCUT2D eigenvalue weighted by Gasteiger charge is -2.27. The predicted molar refractivity (Wildman–Crippen MR) is 130 cm³/mol. The molecule has 1 aromatic heterocycles. The van der Waals surface area contributed by atoms with E-state index < -0.39 is 23.5 Å². The van der Waals surface area contributed by atoms with Crippen molar-refractivity contribution in [1.82, 2.24) is 9.97 Å². The molecule has 0 spiro atoms. The molecule has 0 unspecified atom stereocenters. The quantitative estimate of drug-likeness (QED) is 0.327. The lowest BCUT2D eigenvalue weighted by Crippen LogP contribution is -2.40. The van der Waals surface area contributed by atoms with Gasteiger partial charge in [-0.15, -0.1) is 0 Å². The summed E-state index contributed by atoms with van der Waals surface area (Å²) in [5, 5.41) is 16.5. The van der Waals surface area contributed by atoms with E-state index in [1.54, 1.807) is 20.8 Å². The summed E-state index contributed by atoms with van der Waals surface area (Å²) in [4.78, 5) is 23.1. The van der Waals surface area contributed by atoms with Crippen LogP contribution in [0.4, 0.5) is 32.3 Å². The van der Waals surface area contributed by atoms with Gasteiger partial charge in [0, 0.05) is 12.3 Å². The van der Waals surface area contributed by atoms with Crippen LogP contribution in [0.25, 0.3) is 0 Å². The van der Waals surface area contributed by atoms with Crippen molar-refractivity contribution in [2.45, 2.75) is 32.4 Å². The van der Waals surface area contributed by atoms with Crippen molar-refractivity contribution in [3.63, 3.8) is 0 Å². The van der Waals surface area contributed by atoms with Gasteiger partial charge in [0.2, 0.25) is 5.95 Å². The molecule has 174 valence electrons. The highest BCUT2D eigenvalue weighted by Gasteiger charge is 2.25. The van der Waals surface area contributed by atoms with Gasteiger partial charge in [0.15, 0.2) is 0 Å². The number of aliphatic hydroxyl groups is 1. The van der Waals surface area contributed by atoms with Gasteiger partial charge in [0.05, 0.1) is 38.1 Å². The molecule has 7 nitrogen and oxygen atoms in total. The van der Waals surface area contributed by atoms with Crippen molar-refractivity contribution in [3.8, 4) is 0 Å². The second-order valence-electron chi connectivity index (χ2n) is 7.75. The number of carbonyl (C=O) groups is 1. The van der Waals surface area contributed by atoms with Crippen LogP contribution in [0.2, 0.25) is 15.1 Å². The Bertz CT molecular complexity index is 1160. The van der Waals surface area contributed by atoms with E-state index in [0.29, 0.717) is 5.69 Å². The van der Waals surface area contributed by atoms with Gasteiger partial charge in [0.1, 0.15) is 11.6 Å². The molecule has 0 aliphatic heterocycles. The molecule has 0 saturated carbocycles. The van der Waals surface area contributed by atoms with Crippen molar-refractivity contribution >= 4 is 64.0 Å². The minimum absolute atomic E-state index is 0.181. The molecule has 1 heterocycles. The first-order chi connectivity index (χ1) is 15.5. The average Bonchev–Trinajstić information content (AvgIpc) is 2.73. The van der Waals surface area contributed by atoms with Crippen LogP contribution in [0.5, 0.6) is 0 Å². The molecule has 33 heavy (non-hydrogen) atoms. The Kier molecular flexibility index (Phi) is 7.64. The first kappa shape index (κ1) is 25.0. The van der Waals surface area contributed by atoms with E-state index in [-0.39, 0.29) is 32.5 Å². The maximum atomic E-state index is 13.5. The summed E-state index contributed by atoms with van der Waals surface area (Å²) in [6.07, 6.45) is 1.46. The molecule has 0 saturated heterocycles. The third-order valence-corrected chi connectivity index (χ3v) is 5.85. The summed E-state index contributed by atoms with van der Waals surface area (Å²) in [6.45, 7) is 5.06. The topological polar surface area (TPSA) is 90.4 Å². The number of hydrogen-bond acceptors (Lipinski definition) is 5. The molecule has 3 aromatic rings. The molecule has 2 amide bonds. The van der Waals surface area contributed by atoms with Crippen LogP contribution < -0.4 is 15.5 Å². The van der Waals surface area contributed by atoms with Crippen molar-refractivity contribution in [2.75, 3.05) is 15.5 Å². The van der Waals surface area contributed by atoms with E-state index in [4.69, 9.17) is 34.8 Å². The van der Waals surface area contributed by atoms with Gasteiger partial charge in [-0.1, -0.05) is 34.8 Å². The fourth-order valence-electron chi connectivity index (χ4n) is 2.65. The highest BCUT2D eigenvalue weighted by atomic mass is 35.5. The standard InChI is InChI=1S/C22H21Cl3FN5O2/c1-12(22(2,3)33)28-20-27-9-8-19(30-20)31(14-6-4-13(26)5-7-14)21(32)29-18-11-16(24)15(23)10-17(18)25/h4-12,33H,1-3H3,(H,29,32)(H,27,28,30)/t12-/m0/s1. The molecule has 3 rings (SSSR count). The Balaban J connectivity index is 1.99. The molecule has 0 fully saturated rings. The molecule has 11 heteroatoms. The Hall–Kier alpha value is -2.65. The third-order valence-electron chi connectivity index (χ3n) is 4.81. The molecule has 0 bridgehead atoms. The van der Waals surface area contributed by atoms with Crippen LogP contribution in [0.15, 0.2) is 48.7 Å². The molecule has 0 aliphatic carbocycles. The van der Waals surface area contributed by atoms with Gasteiger partial charge in [-0.2, -0.15) is 4.98 Å². The maximum Gasteiger partial charge on any atom is 0.332 e. The number of rotatable bonds is 6. The van der Waals surface area contributed by atoms with E-state index in [1.165, 1.54) is 53.6 Å². The predicted octanol–water partition coefficient (Wildman–Crippen LogP) is 6.52. The van der Waals surface area contributed by atoms with Crippen LogP contribution in [-0.4, -0.2) is 32.7 Å². The zero-order valence-corrected chi connectivity index (χ0v) is 20.2. The highest BCUT2D eigenvalue weighted by molar-refractivity contribution is 6.44. The third kappa shape index (κ3) is 6.23. The normalized spacial score (nSPS) is 12.2. The zero-order chi connectivity index (χ0) is 24.3. The molecule has 3 N–H and O–H groups in total. The van der Waals surface area contributed by atoms with E-state index in [1.807, 2.05) is 0 Å². The fourth-order valence-corrected chi connectivity index (χ4v) is 3.24. The summed E-state index contributed by atoms with van der Waals surface area (Å²) in [5.41, 5.74) is -0.477. The lowest BCUT2D eigenvalue weighted by atomic mass is 10.0. The van der Waals surface area contributed by atoms with Crippen LogP contribution in [0.1, 0.15) is 20.8 Å². The van der Waals surface area contributed by atoms with E-state index >= 15 is 0 Å². The summed E-state index contributed by atoms with van der Waals surface area (Å²) in [6, 6.07) is 8.62. The van der Waals surface area contributed by atoms with Gasteiger partial charge in [-0.25, -0.2) is 19.1 Å². The number of carbonyl (C=O) groups excluding carboxylic acids is 1. The van der Waals surface area contributed by atoms with E-state index in [0.717, 1.165) is 0 Å². The Morgan fingerprint density at radius 1 is 1.09 bits per heavy atom. The second-order valence-corrected chi connectivity index (χ2v) is 8.97. The van der Waals surface area contributed by atoms with Gasteiger partial charge in [0.25, 0.3) is 0 Å². The number of halogens is 4. The minimum atomic E-state index is -1.04. The van der Waals surface area contributed by atoms with Crippen LogP contribution in [-0.2, 0) is 0 Å². The molecular weight excluding hydrogens is 492 g/mol. The molecule has 0 radical (unpaired) electrons. The van der Waals surface area contributed by atoms with Crippen molar-refractivity contribution in [3.05, 3.63) is 69.5 Å². The van der Waals surface area contributed by atoms with Gasteiger partial charge in [-0.3, -0.25) is 0 Å². The van der Waals surface area contributed by atoms with Crippen molar-refractivity contribution in [1.29, 1.82) is 0 Å². The Labute approximate surface area is 205 Å². The smallest absolute Gasteiger partial charge is 0.332 e. The number of nitrogens with zero attached hydrogens (tertiary/aromatic N) is 3. The van der Waals surface area contributed by atoms with Crippen molar-refractivity contribution in [2.24, 2.45) is 0 Å². The SMILES string of the molecule is C[C@H](Nc1nccc(N(C(=O)Nc2cc(Cl)c(Cl)cc2Cl)c2ccc(F)cc2)n1)C(C)(C)O. The largest absolute Gasteiger partial charge is 0.388 e. The number of urea groups is 1. The minimum Gasteiger partial charge on any atom is -0.388 e. The van der Waals surface area contributed by atoms with E-state index in [9.17, 15) is 14.3 Å². The fraction of sp³-hybridized carbons (Fsp3) is 0.227. The van der Waals surface area contributed by atoms with E-state index in [2.05, 4.69) is 20.6 Å². The summed E-state index contributed by atoms with van der Waals surface area (Å²) >= 11 is 18.2.